The van der Waals surface area contributed by atoms with Gasteiger partial charge >= 0.3 is 110 Å². The van der Waals surface area contributed by atoms with Crippen molar-refractivity contribution in [3.63, 3.8) is 0 Å². The van der Waals surface area contributed by atoms with Crippen LogP contribution in [0.4, 0.5) is 4.39 Å². The molecule has 0 bridgehead atoms. The molecular weight excluding hydrogens is 283 g/mol. The van der Waals surface area contributed by atoms with Crippen LogP contribution in [0.5, 0.6) is 0 Å². The summed E-state index contributed by atoms with van der Waals surface area (Å²) in [6.45, 7) is 7.74. The molecule has 1 saturated heterocycles. The molecule has 17 heavy (non-hydrogen) atoms. The van der Waals surface area contributed by atoms with Gasteiger partial charge < -0.3 is 0 Å². The van der Waals surface area contributed by atoms with Gasteiger partial charge in [-0.15, -0.1) is 0 Å². The Morgan fingerprint density at radius 2 is 1.76 bits per heavy atom. The molecule has 6 heteroatoms. The van der Waals surface area contributed by atoms with Crippen molar-refractivity contribution in [2.45, 2.75) is 38.9 Å². The topological polar surface area (TPSA) is 31.4 Å². The first-order valence-electron chi connectivity index (χ1n) is 5.43. The Morgan fingerprint density at radius 3 is 2.24 bits per heavy atom. The van der Waals surface area contributed by atoms with E-state index in [0.717, 1.165) is 0 Å². The average molecular weight is 297 g/mol. The summed E-state index contributed by atoms with van der Waals surface area (Å²) < 4.78 is 25.9. The number of nitrogens with zero attached hydrogens (tertiary/aromatic N) is 1. The summed E-state index contributed by atoms with van der Waals surface area (Å²) in [4.78, 5) is 4.05. The number of rotatable bonds is 1. The van der Waals surface area contributed by atoms with Crippen molar-refractivity contribution < 1.29 is 13.7 Å². The van der Waals surface area contributed by atoms with E-state index in [9.17, 15) is 4.39 Å². The molecule has 0 atom stereocenters. The number of halogens is 1. The van der Waals surface area contributed by atoms with Gasteiger partial charge in [0.2, 0.25) is 0 Å². The number of aromatic nitrogens is 1. The SMILES string of the molecule is CC1(C)OB(c2cnc([As])cc2F)OC1(C)C. The van der Waals surface area contributed by atoms with Gasteiger partial charge in [-0.05, 0) is 0 Å². The molecule has 1 aromatic heterocycles. The second kappa shape index (κ2) is 4.08. The third-order valence-corrected chi connectivity index (χ3v) is 3.89. The van der Waals surface area contributed by atoms with Crippen LogP contribution in [0.15, 0.2) is 12.3 Å². The third-order valence-electron chi connectivity index (χ3n) is 3.37. The van der Waals surface area contributed by atoms with Crippen LogP contribution in [0.2, 0.25) is 0 Å². The van der Waals surface area contributed by atoms with Crippen LogP contribution in [0.3, 0.4) is 0 Å². The van der Waals surface area contributed by atoms with Crippen molar-refractivity contribution in [2.24, 2.45) is 0 Å². The molecule has 2 radical (unpaired) electrons. The summed E-state index contributed by atoms with van der Waals surface area (Å²) in [6.07, 6.45) is 1.46. The zero-order valence-corrected chi connectivity index (χ0v) is 12.2. The van der Waals surface area contributed by atoms with Crippen molar-refractivity contribution >= 4 is 33.9 Å². The molecule has 90 valence electrons. The van der Waals surface area contributed by atoms with Gasteiger partial charge in [0.15, 0.2) is 0 Å². The van der Waals surface area contributed by atoms with Crippen molar-refractivity contribution in [2.75, 3.05) is 0 Å². The first-order chi connectivity index (χ1) is 7.73. The van der Waals surface area contributed by atoms with Gasteiger partial charge in [-0.2, -0.15) is 0 Å². The fourth-order valence-corrected chi connectivity index (χ4v) is 1.93. The standard InChI is InChI=1S/C11H14AsBFNO2/c1-10(2)11(3,4)17-13(16-10)7-6-15-9(12)5-8(7)14/h5-6H,1-4H3. The van der Waals surface area contributed by atoms with E-state index in [-0.39, 0.29) is 5.82 Å². The van der Waals surface area contributed by atoms with Crippen LogP contribution >= 0.6 is 0 Å². The van der Waals surface area contributed by atoms with Gasteiger partial charge in [0.1, 0.15) is 0 Å². The number of hydrogen-bond donors (Lipinski definition) is 0. The first kappa shape index (κ1) is 13.1. The van der Waals surface area contributed by atoms with E-state index in [1.54, 1.807) is 0 Å². The predicted octanol–water partition coefficient (Wildman–Crippen LogP) is 0.314. The Morgan fingerprint density at radius 1 is 1.24 bits per heavy atom. The second-order valence-electron chi connectivity index (χ2n) is 5.15. The third kappa shape index (κ3) is 2.28. The molecule has 3 nitrogen and oxygen atoms in total. The van der Waals surface area contributed by atoms with Crippen LogP contribution in [0.25, 0.3) is 0 Å². The Kier molecular flexibility index (Phi) is 3.13. The molecule has 2 rings (SSSR count). The van der Waals surface area contributed by atoms with Crippen LogP contribution < -0.4 is 9.94 Å². The first-order valence-corrected chi connectivity index (χ1v) is 6.37. The van der Waals surface area contributed by atoms with Crippen molar-refractivity contribution in [1.29, 1.82) is 0 Å². The van der Waals surface area contributed by atoms with E-state index in [2.05, 4.69) is 21.8 Å². The van der Waals surface area contributed by atoms with Gasteiger partial charge in [0.05, 0.1) is 0 Å². The molecule has 0 unspecified atom stereocenters. The van der Waals surface area contributed by atoms with E-state index >= 15 is 0 Å². The van der Waals surface area contributed by atoms with Gasteiger partial charge in [-0.3, -0.25) is 0 Å². The fraction of sp³-hybridized carbons (Fsp3) is 0.545. The van der Waals surface area contributed by atoms with E-state index in [1.807, 2.05) is 27.7 Å². The molecule has 0 aromatic carbocycles. The molecule has 0 N–H and O–H groups in total. The molecule has 0 spiro atoms. The Labute approximate surface area is 110 Å². The van der Waals surface area contributed by atoms with E-state index in [0.29, 0.717) is 9.94 Å². The summed E-state index contributed by atoms with van der Waals surface area (Å²) in [5.41, 5.74) is -0.589. The Bertz CT molecular complexity index is 437. The molecule has 0 saturated carbocycles. The summed E-state index contributed by atoms with van der Waals surface area (Å²) in [6, 6.07) is 1.36. The summed E-state index contributed by atoms with van der Waals surface area (Å²) in [7, 11) is -0.694. The molecular formula is C11H14AsBFNO2. The van der Waals surface area contributed by atoms with Gasteiger partial charge in [-0.25, -0.2) is 0 Å². The monoisotopic (exact) mass is 297 g/mol. The minimum absolute atomic E-state index is 0.346. The second-order valence-corrected chi connectivity index (χ2v) is 6.11. The van der Waals surface area contributed by atoms with Crippen molar-refractivity contribution in [3.05, 3.63) is 18.1 Å². The zero-order valence-electron chi connectivity index (χ0n) is 10.3. The van der Waals surface area contributed by atoms with Gasteiger partial charge in [0.25, 0.3) is 0 Å². The average Bonchev–Trinajstić information content (AvgIpc) is 2.35. The quantitative estimate of drug-likeness (QED) is 0.699. The van der Waals surface area contributed by atoms with Crippen LogP contribution in [0, 0.1) is 5.82 Å². The molecule has 1 aliphatic heterocycles. The Balaban J connectivity index is 2.32. The van der Waals surface area contributed by atoms with Crippen LogP contribution in [-0.2, 0) is 9.31 Å². The Hall–Kier alpha value is -0.377. The number of pyridine rings is 1. The summed E-state index contributed by atoms with van der Waals surface area (Å²) >= 11 is 2.20. The van der Waals surface area contributed by atoms with Crippen molar-refractivity contribution in [3.8, 4) is 0 Å². The van der Waals surface area contributed by atoms with Gasteiger partial charge in [0, 0.05) is 0 Å². The fourth-order valence-electron chi connectivity index (χ4n) is 1.57. The minimum atomic E-state index is -0.694. The summed E-state index contributed by atoms with van der Waals surface area (Å²) in [5.74, 6) is -0.353. The molecule has 1 aliphatic rings. The summed E-state index contributed by atoms with van der Waals surface area (Å²) in [5, 5.41) is 0. The van der Waals surface area contributed by atoms with E-state index < -0.39 is 18.3 Å². The molecule has 1 aromatic rings. The van der Waals surface area contributed by atoms with Gasteiger partial charge in [-0.1, -0.05) is 0 Å². The predicted molar refractivity (Wildman–Crippen MR) is 65.3 cm³/mol. The maximum absolute atomic E-state index is 13.8. The normalized spacial score (nSPS) is 21.9. The van der Waals surface area contributed by atoms with Crippen molar-refractivity contribution in [1.82, 2.24) is 4.98 Å². The van der Waals surface area contributed by atoms with E-state index in [4.69, 9.17) is 9.31 Å². The van der Waals surface area contributed by atoms with Crippen LogP contribution in [-0.4, -0.2) is 40.2 Å². The molecule has 0 aliphatic carbocycles. The zero-order chi connectivity index (χ0) is 12.8. The van der Waals surface area contributed by atoms with Crippen LogP contribution in [0.1, 0.15) is 27.7 Å². The maximum atomic E-state index is 13.8. The molecule has 0 amide bonds. The number of hydrogen-bond acceptors (Lipinski definition) is 3. The molecule has 2 heterocycles. The van der Waals surface area contributed by atoms with E-state index in [1.165, 1.54) is 12.3 Å². The molecule has 1 fully saturated rings.